The second-order valence-electron chi connectivity index (χ2n) is 2.91. The minimum atomic E-state index is 0.480. The van der Waals surface area contributed by atoms with Crippen LogP contribution >= 0.6 is 0 Å². The van der Waals surface area contributed by atoms with Crippen LogP contribution in [0.3, 0.4) is 0 Å². The summed E-state index contributed by atoms with van der Waals surface area (Å²) >= 11 is 0. The molecule has 0 aromatic heterocycles. The van der Waals surface area contributed by atoms with E-state index in [1.54, 1.807) is 0 Å². The normalized spacial score (nSPS) is 20.4. The number of hydrogen-bond donors (Lipinski definition) is 1. The molecule has 0 aromatic rings. The molecule has 1 heterocycles. The van der Waals surface area contributed by atoms with Gasteiger partial charge in [0, 0.05) is 12.5 Å². The summed E-state index contributed by atoms with van der Waals surface area (Å²) in [6.07, 6.45) is 7.14. The molecule has 0 amide bonds. The minimum absolute atomic E-state index is 0.480. The molecular weight excluding hydrogens is 138 g/mol. The molecule has 0 radical (unpaired) electrons. The van der Waals surface area contributed by atoms with Gasteiger partial charge in [-0.1, -0.05) is 6.92 Å². The van der Waals surface area contributed by atoms with Gasteiger partial charge in [-0.2, -0.15) is 0 Å². The molecule has 1 N–H and O–H groups in total. The topological polar surface area (TPSA) is 21.3 Å². The van der Waals surface area contributed by atoms with Gasteiger partial charge in [0.05, 0.1) is 19.3 Å². The number of rotatable bonds is 4. The Labute approximate surface area is 68.3 Å². The Bertz CT molecular complexity index is 146. The number of nitrogens with one attached hydrogen (secondary N) is 1. The summed E-state index contributed by atoms with van der Waals surface area (Å²) in [5.41, 5.74) is 0. The predicted octanol–water partition coefficient (Wildman–Crippen LogP) is 0.777. The molecule has 1 rings (SSSR count). The summed E-state index contributed by atoms with van der Waals surface area (Å²) in [4.78, 5) is 0. The van der Waals surface area contributed by atoms with E-state index >= 15 is 0 Å². The van der Waals surface area contributed by atoms with Crippen LogP contribution in [0.5, 0.6) is 0 Å². The zero-order chi connectivity index (χ0) is 8.10. The maximum Gasteiger partial charge on any atom is 0.0643 e. The van der Waals surface area contributed by atoms with Crippen LogP contribution in [-0.2, 0) is 4.74 Å². The summed E-state index contributed by atoms with van der Waals surface area (Å²) < 4.78 is 5.04. The quantitative estimate of drug-likeness (QED) is 0.602. The fourth-order valence-electron chi connectivity index (χ4n) is 1.13. The molecule has 1 unspecified atom stereocenters. The molecule has 11 heavy (non-hydrogen) atoms. The number of hydrogen-bond acceptors (Lipinski definition) is 2. The van der Waals surface area contributed by atoms with E-state index in [0.29, 0.717) is 12.1 Å². The van der Waals surface area contributed by atoms with Crippen molar-refractivity contribution in [1.29, 1.82) is 0 Å². The third kappa shape index (κ3) is 2.53. The van der Waals surface area contributed by atoms with E-state index in [2.05, 4.69) is 18.2 Å². The van der Waals surface area contributed by atoms with E-state index in [-0.39, 0.29) is 0 Å². The van der Waals surface area contributed by atoms with E-state index in [9.17, 15) is 0 Å². The van der Waals surface area contributed by atoms with Crippen molar-refractivity contribution >= 4 is 0 Å². The van der Waals surface area contributed by atoms with Gasteiger partial charge in [-0.25, -0.2) is 0 Å². The van der Waals surface area contributed by atoms with Gasteiger partial charge < -0.3 is 10.1 Å². The Balaban J connectivity index is 2.14. The van der Waals surface area contributed by atoms with Crippen molar-refractivity contribution in [3.05, 3.63) is 0 Å². The van der Waals surface area contributed by atoms with Crippen LogP contribution in [0.25, 0.3) is 0 Å². The second kappa shape index (κ2) is 4.38. The second-order valence-corrected chi connectivity index (χ2v) is 2.91. The van der Waals surface area contributed by atoms with E-state index in [0.717, 1.165) is 26.1 Å². The third-order valence-electron chi connectivity index (χ3n) is 1.97. The fourth-order valence-corrected chi connectivity index (χ4v) is 1.13. The van der Waals surface area contributed by atoms with E-state index in [1.807, 2.05) is 0 Å². The molecule has 1 saturated heterocycles. The average Bonchev–Trinajstić information content (AvgIpc) is 1.94. The van der Waals surface area contributed by atoms with Crippen molar-refractivity contribution < 1.29 is 4.74 Å². The summed E-state index contributed by atoms with van der Waals surface area (Å²) in [6.45, 7) is 3.84. The molecule has 1 aliphatic heterocycles. The van der Waals surface area contributed by atoms with Gasteiger partial charge in [-0.05, 0) is 6.42 Å². The van der Waals surface area contributed by atoms with Crippen molar-refractivity contribution in [2.24, 2.45) is 0 Å². The van der Waals surface area contributed by atoms with Crippen LogP contribution in [0.1, 0.15) is 19.8 Å². The Hall–Kier alpha value is -0.520. The van der Waals surface area contributed by atoms with Gasteiger partial charge in [0.15, 0.2) is 0 Å². The van der Waals surface area contributed by atoms with Crippen molar-refractivity contribution in [3.8, 4) is 12.3 Å². The lowest BCUT2D eigenvalue weighted by atomic mass is 10.1. The van der Waals surface area contributed by atoms with Crippen molar-refractivity contribution in [3.63, 3.8) is 0 Å². The van der Waals surface area contributed by atoms with Gasteiger partial charge in [0.25, 0.3) is 0 Å². The van der Waals surface area contributed by atoms with Crippen LogP contribution in [0.4, 0.5) is 0 Å². The van der Waals surface area contributed by atoms with Gasteiger partial charge in [0.2, 0.25) is 0 Å². The van der Waals surface area contributed by atoms with E-state index < -0.39 is 0 Å². The van der Waals surface area contributed by atoms with Crippen molar-refractivity contribution in [1.82, 2.24) is 5.32 Å². The molecule has 2 heteroatoms. The van der Waals surface area contributed by atoms with Crippen molar-refractivity contribution in [2.45, 2.75) is 31.8 Å². The van der Waals surface area contributed by atoms with Crippen molar-refractivity contribution in [2.75, 3.05) is 13.2 Å². The molecule has 62 valence electrons. The highest BCUT2D eigenvalue weighted by Gasteiger charge is 2.20. The molecule has 1 fully saturated rings. The maximum atomic E-state index is 5.22. The highest BCUT2D eigenvalue weighted by molar-refractivity contribution is 4.91. The van der Waals surface area contributed by atoms with Gasteiger partial charge in [-0.15, -0.1) is 12.3 Å². The fraction of sp³-hybridized carbons (Fsp3) is 0.778. The predicted molar refractivity (Wildman–Crippen MR) is 45.3 cm³/mol. The lowest BCUT2D eigenvalue weighted by molar-refractivity contribution is -0.00991. The lowest BCUT2D eigenvalue weighted by Gasteiger charge is -2.30. The van der Waals surface area contributed by atoms with E-state index in [1.165, 1.54) is 0 Å². The standard InChI is InChI=1S/C9H15NO/c1-3-5-8(4-2)10-9-6-11-7-9/h1,8-10H,4-7H2,2H3. The molecule has 0 aliphatic carbocycles. The first kappa shape index (κ1) is 8.58. The smallest absolute Gasteiger partial charge is 0.0643 e. The first-order chi connectivity index (χ1) is 5.36. The lowest BCUT2D eigenvalue weighted by Crippen LogP contribution is -2.50. The first-order valence-electron chi connectivity index (χ1n) is 4.14. The summed E-state index contributed by atoms with van der Waals surface area (Å²) in [5.74, 6) is 2.67. The summed E-state index contributed by atoms with van der Waals surface area (Å²) in [5, 5.41) is 3.44. The summed E-state index contributed by atoms with van der Waals surface area (Å²) in [6, 6.07) is 1.03. The Morgan fingerprint density at radius 2 is 2.45 bits per heavy atom. The maximum absolute atomic E-state index is 5.22. The third-order valence-corrected chi connectivity index (χ3v) is 1.97. The molecule has 1 aliphatic rings. The van der Waals surface area contributed by atoms with Crippen LogP contribution in [0.2, 0.25) is 0 Å². The number of terminal acetylenes is 1. The largest absolute Gasteiger partial charge is 0.378 e. The van der Waals surface area contributed by atoms with Crippen LogP contribution in [0, 0.1) is 12.3 Å². The number of ether oxygens (including phenoxy) is 1. The summed E-state index contributed by atoms with van der Waals surface area (Å²) in [7, 11) is 0. The molecule has 0 saturated carbocycles. The Morgan fingerprint density at radius 3 is 2.82 bits per heavy atom. The van der Waals surface area contributed by atoms with E-state index in [4.69, 9.17) is 11.2 Å². The van der Waals surface area contributed by atoms with Crippen LogP contribution in [-0.4, -0.2) is 25.3 Å². The molecule has 0 aromatic carbocycles. The SMILES string of the molecule is C#CCC(CC)NC1COC1. The monoisotopic (exact) mass is 153 g/mol. The van der Waals surface area contributed by atoms with Gasteiger partial charge in [0.1, 0.15) is 0 Å². The molecule has 0 bridgehead atoms. The Morgan fingerprint density at radius 1 is 1.73 bits per heavy atom. The zero-order valence-corrected chi connectivity index (χ0v) is 6.97. The van der Waals surface area contributed by atoms with Crippen LogP contribution in [0.15, 0.2) is 0 Å². The Kier molecular flexibility index (Phi) is 3.41. The molecule has 0 spiro atoms. The molecule has 2 nitrogen and oxygen atoms in total. The first-order valence-corrected chi connectivity index (χ1v) is 4.14. The minimum Gasteiger partial charge on any atom is -0.378 e. The molecular formula is C9H15NO. The molecule has 1 atom stereocenters. The van der Waals surface area contributed by atoms with Gasteiger partial charge >= 0.3 is 0 Å². The highest BCUT2D eigenvalue weighted by atomic mass is 16.5. The highest BCUT2D eigenvalue weighted by Crippen LogP contribution is 2.04. The zero-order valence-electron chi connectivity index (χ0n) is 6.97. The van der Waals surface area contributed by atoms with Gasteiger partial charge in [-0.3, -0.25) is 0 Å². The van der Waals surface area contributed by atoms with Crippen LogP contribution < -0.4 is 5.32 Å². The average molecular weight is 153 g/mol.